The van der Waals surface area contributed by atoms with Gasteiger partial charge in [0.15, 0.2) is 11.6 Å². The van der Waals surface area contributed by atoms with Gasteiger partial charge < -0.3 is 26.9 Å². The fraction of sp³-hybridized carbons (Fsp3) is 0.0833. The SMILES string of the molecule is COc1cc(-c2c(N)nc(Nc3ccc(F)cc3C(=N)Cc3c(F)ccc(F)c3F)nc2N)ccn1. The number of benzene rings is 2. The van der Waals surface area contributed by atoms with Crippen LogP contribution >= 0.6 is 0 Å². The molecule has 0 saturated carbocycles. The molecule has 0 spiro atoms. The van der Waals surface area contributed by atoms with E-state index in [1.165, 1.54) is 19.4 Å². The van der Waals surface area contributed by atoms with E-state index >= 15 is 0 Å². The Morgan fingerprint density at radius 2 is 1.67 bits per heavy atom. The second-order valence-electron chi connectivity index (χ2n) is 7.57. The van der Waals surface area contributed by atoms with Gasteiger partial charge in [0.25, 0.3) is 0 Å². The second-order valence-corrected chi connectivity index (χ2v) is 7.57. The van der Waals surface area contributed by atoms with E-state index in [9.17, 15) is 17.6 Å². The van der Waals surface area contributed by atoms with Crippen molar-refractivity contribution in [3.63, 3.8) is 0 Å². The second kappa shape index (κ2) is 9.86. The molecule has 0 unspecified atom stereocenters. The van der Waals surface area contributed by atoms with Crippen molar-refractivity contribution in [2.24, 2.45) is 0 Å². The number of hydrogen-bond acceptors (Lipinski definition) is 8. The molecular formula is C24H19F4N7O. The van der Waals surface area contributed by atoms with Gasteiger partial charge in [0, 0.05) is 35.5 Å². The van der Waals surface area contributed by atoms with Crippen LogP contribution in [-0.4, -0.2) is 27.8 Å². The molecule has 4 aromatic rings. The average Bonchev–Trinajstić information content (AvgIpc) is 2.85. The molecule has 184 valence electrons. The van der Waals surface area contributed by atoms with Gasteiger partial charge in [-0.05, 0) is 42.0 Å². The van der Waals surface area contributed by atoms with E-state index in [2.05, 4.69) is 20.3 Å². The van der Waals surface area contributed by atoms with E-state index in [0.29, 0.717) is 23.1 Å². The van der Waals surface area contributed by atoms with Crippen molar-refractivity contribution >= 4 is 29.0 Å². The number of pyridine rings is 1. The van der Waals surface area contributed by atoms with Crippen molar-refractivity contribution < 1.29 is 22.3 Å². The van der Waals surface area contributed by atoms with Crippen LogP contribution in [-0.2, 0) is 6.42 Å². The maximum Gasteiger partial charge on any atom is 0.231 e. The molecule has 0 radical (unpaired) electrons. The highest BCUT2D eigenvalue weighted by molar-refractivity contribution is 6.04. The first kappa shape index (κ1) is 24.4. The smallest absolute Gasteiger partial charge is 0.231 e. The molecule has 0 aliphatic carbocycles. The molecule has 0 aliphatic heterocycles. The van der Waals surface area contributed by atoms with E-state index in [4.69, 9.17) is 21.6 Å². The van der Waals surface area contributed by atoms with Gasteiger partial charge in [-0.1, -0.05) is 0 Å². The van der Waals surface area contributed by atoms with Gasteiger partial charge in [-0.3, -0.25) is 0 Å². The van der Waals surface area contributed by atoms with Crippen LogP contribution < -0.4 is 21.5 Å². The zero-order valence-electron chi connectivity index (χ0n) is 18.7. The molecule has 0 bridgehead atoms. The largest absolute Gasteiger partial charge is 0.481 e. The zero-order chi connectivity index (χ0) is 26.0. The molecule has 0 atom stereocenters. The van der Waals surface area contributed by atoms with Crippen LogP contribution in [0.15, 0.2) is 48.7 Å². The summed E-state index contributed by atoms with van der Waals surface area (Å²) in [6, 6.07) is 8.02. The first-order valence-electron chi connectivity index (χ1n) is 10.4. The molecule has 0 aliphatic rings. The summed E-state index contributed by atoms with van der Waals surface area (Å²) in [4.78, 5) is 12.4. The topological polar surface area (TPSA) is 136 Å². The highest BCUT2D eigenvalue weighted by Gasteiger charge is 2.20. The zero-order valence-corrected chi connectivity index (χ0v) is 18.7. The number of nitrogen functional groups attached to an aromatic ring is 2. The van der Waals surface area contributed by atoms with Gasteiger partial charge in [-0.25, -0.2) is 22.5 Å². The Labute approximate surface area is 202 Å². The van der Waals surface area contributed by atoms with Crippen LogP contribution in [0.3, 0.4) is 0 Å². The number of nitrogens with zero attached hydrogens (tertiary/aromatic N) is 3. The van der Waals surface area contributed by atoms with Gasteiger partial charge in [0.1, 0.15) is 23.3 Å². The summed E-state index contributed by atoms with van der Waals surface area (Å²) in [7, 11) is 1.46. The summed E-state index contributed by atoms with van der Waals surface area (Å²) in [5, 5.41) is 11.1. The van der Waals surface area contributed by atoms with E-state index in [0.717, 1.165) is 18.2 Å². The number of ether oxygens (including phenoxy) is 1. The average molecular weight is 497 g/mol. The summed E-state index contributed by atoms with van der Waals surface area (Å²) in [6.07, 6.45) is 0.862. The van der Waals surface area contributed by atoms with Crippen LogP contribution in [0, 0.1) is 28.7 Å². The van der Waals surface area contributed by atoms with E-state index < -0.39 is 35.3 Å². The molecule has 12 heteroatoms. The third kappa shape index (κ3) is 4.87. The molecule has 4 rings (SSSR count). The minimum atomic E-state index is -1.42. The van der Waals surface area contributed by atoms with Gasteiger partial charge in [0.2, 0.25) is 11.8 Å². The van der Waals surface area contributed by atoms with Crippen LogP contribution in [0.25, 0.3) is 11.1 Å². The standard InChI is InChI=1S/C24H19F4N7O/c1-36-19-8-11(6-7-32-19)20-22(30)34-24(35-23(20)31)33-18-5-2-12(25)9-14(18)17(29)10-13-15(26)3-4-16(27)21(13)28/h2-9,29H,10H2,1H3,(H5,30,31,33,34,35). The summed E-state index contributed by atoms with van der Waals surface area (Å²) in [6.45, 7) is 0. The van der Waals surface area contributed by atoms with Gasteiger partial charge in [-0.15, -0.1) is 0 Å². The van der Waals surface area contributed by atoms with Crippen molar-refractivity contribution in [3.05, 3.63) is 83.1 Å². The number of hydrogen-bond donors (Lipinski definition) is 4. The first-order valence-corrected chi connectivity index (χ1v) is 10.4. The number of nitrogens with two attached hydrogens (primary N) is 2. The summed E-state index contributed by atoms with van der Waals surface area (Å²) >= 11 is 0. The highest BCUT2D eigenvalue weighted by atomic mass is 19.2. The van der Waals surface area contributed by atoms with Crippen LogP contribution in [0.2, 0.25) is 0 Å². The van der Waals surface area contributed by atoms with Crippen LogP contribution in [0.1, 0.15) is 11.1 Å². The summed E-state index contributed by atoms with van der Waals surface area (Å²) in [5.74, 6) is -4.13. The van der Waals surface area contributed by atoms with E-state index in [-0.39, 0.29) is 34.5 Å². The Morgan fingerprint density at radius 3 is 2.36 bits per heavy atom. The van der Waals surface area contributed by atoms with Gasteiger partial charge in [0.05, 0.1) is 18.4 Å². The predicted molar refractivity (Wildman–Crippen MR) is 127 cm³/mol. The fourth-order valence-corrected chi connectivity index (χ4v) is 3.52. The molecule has 36 heavy (non-hydrogen) atoms. The lowest BCUT2D eigenvalue weighted by atomic mass is 9.99. The summed E-state index contributed by atoms with van der Waals surface area (Å²) in [5.41, 5.74) is 12.2. The van der Waals surface area contributed by atoms with Crippen molar-refractivity contribution in [1.82, 2.24) is 15.0 Å². The Morgan fingerprint density at radius 1 is 0.972 bits per heavy atom. The number of anilines is 4. The van der Waals surface area contributed by atoms with E-state index in [1.54, 1.807) is 12.1 Å². The minimum Gasteiger partial charge on any atom is -0.481 e. The van der Waals surface area contributed by atoms with Crippen molar-refractivity contribution in [3.8, 4) is 17.0 Å². The molecule has 6 N–H and O–H groups in total. The molecule has 2 heterocycles. The maximum atomic E-state index is 14.1. The molecule has 2 aromatic carbocycles. The molecule has 0 amide bonds. The lowest BCUT2D eigenvalue weighted by molar-refractivity contribution is 0.398. The highest BCUT2D eigenvalue weighted by Crippen LogP contribution is 2.33. The lowest BCUT2D eigenvalue weighted by Crippen LogP contribution is -2.12. The maximum absolute atomic E-state index is 14.1. The molecule has 8 nitrogen and oxygen atoms in total. The number of halogens is 4. The molecule has 0 saturated heterocycles. The normalized spacial score (nSPS) is 10.8. The first-order chi connectivity index (χ1) is 17.2. The monoisotopic (exact) mass is 497 g/mol. The van der Waals surface area contributed by atoms with Crippen LogP contribution in [0.4, 0.5) is 40.8 Å². The Bertz CT molecular complexity index is 1460. The van der Waals surface area contributed by atoms with Gasteiger partial charge >= 0.3 is 0 Å². The van der Waals surface area contributed by atoms with Crippen molar-refractivity contribution in [1.29, 1.82) is 5.41 Å². The summed E-state index contributed by atoms with van der Waals surface area (Å²) < 4.78 is 60.9. The molecule has 2 aromatic heterocycles. The van der Waals surface area contributed by atoms with E-state index in [1.807, 2.05) is 0 Å². The fourth-order valence-electron chi connectivity index (χ4n) is 3.52. The third-order valence-electron chi connectivity index (χ3n) is 5.24. The Kier molecular flexibility index (Phi) is 6.68. The van der Waals surface area contributed by atoms with Crippen molar-refractivity contribution in [2.75, 3.05) is 23.9 Å². The number of aromatic nitrogens is 3. The van der Waals surface area contributed by atoms with Crippen molar-refractivity contribution in [2.45, 2.75) is 6.42 Å². The van der Waals surface area contributed by atoms with Crippen LogP contribution in [0.5, 0.6) is 5.88 Å². The minimum absolute atomic E-state index is 0.0147. The Balaban J connectivity index is 1.67. The van der Waals surface area contributed by atoms with Gasteiger partial charge in [-0.2, -0.15) is 9.97 Å². The molecular weight excluding hydrogens is 478 g/mol. The Hall–Kier alpha value is -4.74. The molecule has 0 fully saturated rings. The number of rotatable bonds is 7. The lowest BCUT2D eigenvalue weighted by Gasteiger charge is -2.15. The predicted octanol–water partition coefficient (Wildman–Crippen LogP) is 4.62. The quantitative estimate of drug-likeness (QED) is 0.166. The number of nitrogens with one attached hydrogen (secondary N) is 2. The number of methoxy groups -OCH3 is 1. The third-order valence-corrected chi connectivity index (χ3v) is 5.24.